The van der Waals surface area contributed by atoms with Crippen molar-refractivity contribution in [2.45, 2.75) is 6.29 Å². The van der Waals surface area contributed by atoms with Gasteiger partial charge in [-0.25, -0.2) is 9.59 Å². The number of rotatable bonds is 1. The van der Waals surface area contributed by atoms with Crippen LogP contribution in [0.1, 0.15) is 0 Å². The Labute approximate surface area is 113 Å². The number of carboxylic acids is 1. The number of urea groups is 1. The number of fused-ring (bicyclic) bond motifs is 3. The van der Waals surface area contributed by atoms with Gasteiger partial charge in [0.15, 0.2) is 6.29 Å². The Morgan fingerprint density at radius 3 is 2.65 bits per heavy atom. The number of carbonyl (C=O) groups excluding carboxylic acids is 2. The highest BCUT2D eigenvalue weighted by atomic mass is 16.4. The van der Waals surface area contributed by atoms with E-state index in [0.29, 0.717) is 11.4 Å². The molecule has 0 aromatic heterocycles. The molecule has 2 aliphatic heterocycles. The highest BCUT2D eigenvalue weighted by Gasteiger charge is 2.44. The van der Waals surface area contributed by atoms with Gasteiger partial charge in [-0.3, -0.25) is 14.6 Å². The summed E-state index contributed by atoms with van der Waals surface area (Å²) in [4.78, 5) is 37.0. The van der Waals surface area contributed by atoms with Crippen LogP contribution in [0, 0.1) is 0 Å². The Balaban J connectivity index is 2.14. The van der Waals surface area contributed by atoms with Crippen molar-refractivity contribution in [2.24, 2.45) is 5.73 Å². The number of hydrogen-bond acceptors (Lipinski definition) is 4. The van der Waals surface area contributed by atoms with Crippen molar-refractivity contribution in [3.8, 4) is 0 Å². The Morgan fingerprint density at radius 2 is 2.00 bits per heavy atom. The van der Waals surface area contributed by atoms with Crippen molar-refractivity contribution in [1.82, 2.24) is 4.90 Å². The molecule has 0 spiro atoms. The van der Waals surface area contributed by atoms with Crippen molar-refractivity contribution in [3.63, 3.8) is 0 Å². The van der Waals surface area contributed by atoms with E-state index in [0.717, 1.165) is 11.1 Å². The fourth-order valence-corrected chi connectivity index (χ4v) is 2.28. The van der Waals surface area contributed by atoms with E-state index in [2.05, 4.69) is 5.32 Å². The molecule has 2 heterocycles. The van der Waals surface area contributed by atoms with Gasteiger partial charge in [0, 0.05) is 6.20 Å². The zero-order valence-corrected chi connectivity index (χ0v) is 10.1. The molecule has 0 saturated carbocycles. The van der Waals surface area contributed by atoms with Crippen LogP contribution in [0.5, 0.6) is 0 Å². The number of hydrogen-bond donors (Lipinski definition) is 3. The van der Waals surface area contributed by atoms with Gasteiger partial charge in [-0.1, -0.05) is 12.1 Å². The van der Waals surface area contributed by atoms with Crippen LogP contribution in [0.4, 0.5) is 16.2 Å². The number of para-hydroxylation sites is 2. The molecule has 20 heavy (non-hydrogen) atoms. The third kappa shape index (κ3) is 1.51. The first kappa shape index (κ1) is 12.0. The second kappa shape index (κ2) is 3.98. The summed E-state index contributed by atoms with van der Waals surface area (Å²) in [6.07, 6.45) is 0.105. The van der Waals surface area contributed by atoms with Crippen molar-refractivity contribution in [2.75, 3.05) is 10.2 Å². The van der Waals surface area contributed by atoms with E-state index in [1.807, 2.05) is 0 Å². The lowest BCUT2D eigenvalue weighted by atomic mass is 10.2. The smallest absolute Gasteiger partial charge is 0.342 e. The largest absolute Gasteiger partial charge is 0.477 e. The Morgan fingerprint density at radius 1 is 1.30 bits per heavy atom. The average molecular weight is 274 g/mol. The second-order valence-corrected chi connectivity index (χ2v) is 4.30. The molecule has 0 radical (unpaired) electrons. The summed E-state index contributed by atoms with van der Waals surface area (Å²) >= 11 is 0. The molecule has 2 aliphatic rings. The van der Waals surface area contributed by atoms with Gasteiger partial charge in [0.2, 0.25) is 0 Å². The molecule has 1 atom stereocenters. The predicted octanol–water partition coefficient (Wildman–Crippen LogP) is 0.0915. The van der Waals surface area contributed by atoms with E-state index in [1.54, 1.807) is 24.3 Å². The van der Waals surface area contributed by atoms with Gasteiger partial charge in [-0.2, -0.15) is 0 Å². The molecular weight excluding hydrogens is 264 g/mol. The van der Waals surface area contributed by atoms with Crippen molar-refractivity contribution >= 4 is 29.3 Å². The number of carbonyl (C=O) groups is 3. The van der Waals surface area contributed by atoms with Gasteiger partial charge in [0.1, 0.15) is 5.57 Å². The quantitative estimate of drug-likeness (QED) is 0.628. The minimum absolute atomic E-state index is 0.501. The van der Waals surface area contributed by atoms with Crippen LogP contribution in [0.2, 0.25) is 0 Å². The maximum atomic E-state index is 12.2. The van der Waals surface area contributed by atoms with Crippen LogP contribution in [-0.4, -0.2) is 34.2 Å². The van der Waals surface area contributed by atoms with Gasteiger partial charge >= 0.3 is 12.0 Å². The number of benzene rings is 1. The summed E-state index contributed by atoms with van der Waals surface area (Å²) in [5.41, 5.74) is 5.85. The third-order valence-corrected chi connectivity index (χ3v) is 3.16. The first-order valence-electron chi connectivity index (χ1n) is 5.72. The summed E-state index contributed by atoms with van der Waals surface area (Å²) < 4.78 is 0. The number of amides is 3. The lowest BCUT2D eigenvalue weighted by Gasteiger charge is -2.35. The molecule has 8 nitrogen and oxygen atoms in total. The Kier molecular flexibility index (Phi) is 2.40. The topological polar surface area (TPSA) is 116 Å². The van der Waals surface area contributed by atoms with E-state index in [1.165, 1.54) is 4.90 Å². The molecule has 3 rings (SSSR count). The molecule has 8 heteroatoms. The molecule has 0 aliphatic carbocycles. The average Bonchev–Trinajstić information content (AvgIpc) is 2.77. The summed E-state index contributed by atoms with van der Waals surface area (Å²) in [6, 6.07) is 6.00. The summed E-state index contributed by atoms with van der Waals surface area (Å²) in [5.74, 6) is -2.11. The van der Waals surface area contributed by atoms with Crippen LogP contribution in [0.15, 0.2) is 36.0 Å². The molecule has 1 aromatic rings. The van der Waals surface area contributed by atoms with Gasteiger partial charge in [0.25, 0.3) is 5.91 Å². The first-order valence-corrected chi connectivity index (χ1v) is 5.72. The zero-order valence-electron chi connectivity index (χ0n) is 10.1. The molecular formula is C12H10N4O4. The molecule has 0 bridgehead atoms. The highest BCUT2D eigenvalue weighted by molar-refractivity contribution is 6.24. The minimum atomic E-state index is -1.41. The SMILES string of the molecule is NC(=O)N1C=C(C(=O)O)C(=O)N2c3ccccc3NC12. The number of nitrogens with one attached hydrogen (secondary N) is 1. The molecule has 4 N–H and O–H groups in total. The lowest BCUT2D eigenvalue weighted by molar-refractivity contribution is -0.135. The van der Waals surface area contributed by atoms with Crippen LogP contribution in [0.3, 0.4) is 0 Å². The van der Waals surface area contributed by atoms with E-state index in [-0.39, 0.29) is 0 Å². The number of anilines is 2. The van der Waals surface area contributed by atoms with Gasteiger partial charge in [-0.05, 0) is 12.1 Å². The predicted molar refractivity (Wildman–Crippen MR) is 68.5 cm³/mol. The molecule has 3 amide bonds. The molecule has 1 unspecified atom stereocenters. The normalized spacial score (nSPS) is 19.9. The molecule has 102 valence electrons. The fourth-order valence-electron chi connectivity index (χ4n) is 2.28. The first-order chi connectivity index (χ1) is 9.50. The van der Waals surface area contributed by atoms with Crippen LogP contribution < -0.4 is 16.0 Å². The van der Waals surface area contributed by atoms with E-state index in [4.69, 9.17) is 10.8 Å². The molecule has 1 aromatic carbocycles. The number of nitrogens with two attached hydrogens (primary N) is 1. The van der Waals surface area contributed by atoms with Crippen LogP contribution in [0.25, 0.3) is 0 Å². The minimum Gasteiger partial charge on any atom is -0.477 e. The summed E-state index contributed by atoms with van der Waals surface area (Å²) in [5, 5.41) is 12.0. The van der Waals surface area contributed by atoms with E-state index < -0.39 is 29.8 Å². The molecule has 0 fully saturated rings. The van der Waals surface area contributed by atoms with Crippen LogP contribution in [-0.2, 0) is 9.59 Å². The lowest BCUT2D eigenvalue weighted by Crippen LogP contribution is -2.58. The van der Waals surface area contributed by atoms with Crippen molar-refractivity contribution in [1.29, 1.82) is 0 Å². The van der Waals surface area contributed by atoms with Crippen LogP contribution >= 0.6 is 0 Å². The molecule has 0 saturated heterocycles. The van der Waals surface area contributed by atoms with Gasteiger partial charge in [-0.15, -0.1) is 0 Å². The Bertz CT molecular complexity index is 669. The maximum Gasteiger partial charge on any atom is 0.342 e. The summed E-state index contributed by atoms with van der Waals surface area (Å²) in [7, 11) is 0. The number of primary amides is 1. The maximum absolute atomic E-state index is 12.2. The van der Waals surface area contributed by atoms with E-state index in [9.17, 15) is 14.4 Å². The second-order valence-electron chi connectivity index (χ2n) is 4.30. The van der Waals surface area contributed by atoms with Gasteiger partial charge < -0.3 is 16.2 Å². The van der Waals surface area contributed by atoms with Crippen molar-refractivity contribution < 1.29 is 19.5 Å². The number of carboxylic acid groups (broad SMARTS) is 1. The highest BCUT2D eigenvalue weighted by Crippen LogP contribution is 2.38. The standard InChI is InChI=1S/C12H10N4O4/c13-11(20)15-5-6(10(18)19)9(17)16-8-4-2-1-3-7(8)14-12(15)16/h1-5,12,14H,(H2,13,20)(H,18,19). The fraction of sp³-hybridized carbons (Fsp3) is 0.0833. The Hall–Kier alpha value is -3.03. The summed E-state index contributed by atoms with van der Waals surface area (Å²) in [6.45, 7) is 0. The van der Waals surface area contributed by atoms with Gasteiger partial charge in [0.05, 0.1) is 11.4 Å². The van der Waals surface area contributed by atoms with E-state index >= 15 is 0 Å². The number of nitrogens with zero attached hydrogens (tertiary/aromatic N) is 2. The third-order valence-electron chi connectivity index (χ3n) is 3.16. The monoisotopic (exact) mass is 274 g/mol. The van der Waals surface area contributed by atoms with Crippen molar-refractivity contribution in [3.05, 3.63) is 36.0 Å². The zero-order chi connectivity index (χ0) is 14.4. The number of aliphatic carboxylic acids is 1.